The Kier molecular flexibility index (Phi) is 2.57. The van der Waals surface area contributed by atoms with E-state index in [1.807, 2.05) is 12.2 Å². The highest BCUT2D eigenvalue weighted by molar-refractivity contribution is 6.38. The number of rotatable bonds is 2. The van der Waals surface area contributed by atoms with E-state index < -0.39 is 0 Å². The Morgan fingerprint density at radius 1 is 1.50 bits per heavy atom. The quantitative estimate of drug-likeness (QED) is 0.570. The second-order valence-electron chi connectivity index (χ2n) is 2.14. The lowest BCUT2D eigenvalue weighted by Crippen LogP contribution is -2.03. The highest BCUT2D eigenvalue weighted by Gasteiger charge is 2.08. The molecular formula is C7H10BO2. The Morgan fingerprint density at radius 2 is 2.20 bits per heavy atom. The van der Waals surface area contributed by atoms with Gasteiger partial charge in [-0.2, -0.15) is 0 Å². The summed E-state index contributed by atoms with van der Waals surface area (Å²) in [7, 11) is 2.68. The van der Waals surface area contributed by atoms with Crippen molar-refractivity contribution in [3.8, 4) is 0 Å². The first-order chi connectivity index (χ1) is 4.88. The van der Waals surface area contributed by atoms with Crippen molar-refractivity contribution in [1.82, 2.24) is 0 Å². The van der Waals surface area contributed by atoms with Crippen LogP contribution in [0.4, 0.5) is 0 Å². The molecule has 0 saturated heterocycles. The van der Waals surface area contributed by atoms with E-state index in [2.05, 4.69) is 0 Å². The molecular weight excluding hydrogens is 127 g/mol. The van der Waals surface area contributed by atoms with Crippen LogP contribution in [0, 0.1) is 0 Å². The van der Waals surface area contributed by atoms with Gasteiger partial charge in [-0.3, -0.25) is 0 Å². The van der Waals surface area contributed by atoms with Crippen LogP contribution in [0.15, 0.2) is 23.4 Å². The molecule has 0 amide bonds. The maximum absolute atomic E-state index is 8.68. The number of hydrogen-bond donors (Lipinski definition) is 1. The lowest BCUT2D eigenvalue weighted by atomic mass is 9.83. The van der Waals surface area contributed by atoms with Gasteiger partial charge in [0.25, 0.3) is 0 Å². The van der Waals surface area contributed by atoms with Crippen molar-refractivity contribution >= 4 is 7.48 Å². The predicted molar refractivity (Wildman–Crippen MR) is 40.4 cm³/mol. The van der Waals surface area contributed by atoms with E-state index in [4.69, 9.17) is 9.76 Å². The van der Waals surface area contributed by atoms with E-state index in [0.717, 1.165) is 31.6 Å². The van der Waals surface area contributed by atoms with Gasteiger partial charge in [-0.15, -0.1) is 0 Å². The molecule has 1 aliphatic carbocycles. The largest absolute Gasteiger partial charge is 0.498 e. The average molecular weight is 137 g/mol. The van der Waals surface area contributed by atoms with Crippen LogP contribution >= 0.6 is 0 Å². The van der Waals surface area contributed by atoms with Crippen LogP contribution < -0.4 is 0 Å². The van der Waals surface area contributed by atoms with E-state index >= 15 is 0 Å². The molecule has 3 heteroatoms. The summed E-state index contributed by atoms with van der Waals surface area (Å²) in [6, 6.07) is 0. The molecule has 10 heavy (non-hydrogen) atoms. The fourth-order valence-electron chi connectivity index (χ4n) is 0.989. The first kappa shape index (κ1) is 7.41. The van der Waals surface area contributed by atoms with E-state index in [0.29, 0.717) is 0 Å². The van der Waals surface area contributed by atoms with Gasteiger partial charge in [0.15, 0.2) is 0 Å². The van der Waals surface area contributed by atoms with Gasteiger partial charge in [0.1, 0.15) is 5.76 Å². The van der Waals surface area contributed by atoms with Gasteiger partial charge in [0.2, 0.25) is 0 Å². The molecule has 0 heterocycles. The molecule has 0 spiro atoms. The topological polar surface area (TPSA) is 29.5 Å². The van der Waals surface area contributed by atoms with Crippen LogP contribution in [-0.2, 0) is 4.74 Å². The first-order valence-electron chi connectivity index (χ1n) is 3.30. The minimum atomic E-state index is 0.772. The summed E-state index contributed by atoms with van der Waals surface area (Å²) < 4.78 is 5.00. The normalized spacial score (nSPS) is 17.4. The number of methoxy groups -OCH3 is 1. The second-order valence-corrected chi connectivity index (χ2v) is 2.14. The van der Waals surface area contributed by atoms with E-state index in [9.17, 15) is 0 Å². The second kappa shape index (κ2) is 3.47. The van der Waals surface area contributed by atoms with Crippen molar-refractivity contribution in [2.24, 2.45) is 0 Å². The summed E-state index contributed by atoms with van der Waals surface area (Å²) in [5.74, 6) is 0.772. The smallest absolute Gasteiger partial charge is 0.330 e. The molecule has 1 N–H and O–H groups in total. The lowest BCUT2D eigenvalue weighted by molar-refractivity contribution is 0.300. The first-order valence-corrected chi connectivity index (χ1v) is 3.30. The van der Waals surface area contributed by atoms with Crippen LogP contribution in [0.1, 0.15) is 12.8 Å². The molecule has 0 aromatic heterocycles. The van der Waals surface area contributed by atoms with Gasteiger partial charge in [0.05, 0.1) is 7.11 Å². The third-order valence-electron chi connectivity index (χ3n) is 1.50. The number of hydrogen-bond acceptors (Lipinski definition) is 2. The highest BCUT2D eigenvalue weighted by atomic mass is 16.5. The summed E-state index contributed by atoms with van der Waals surface area (Å²) in [6.07, 6.45) is 5.92. The number of ether oxygens (including phenoxy) is 1. The van der Waals surface area contributed by atoms with Crippen LogP contribution in [0.2, 0.25) is 0 Å². The SMILES string of the molecule is COC1=CCCC=C1[B]O. The zero-order valence-corrected chi connectivity index (χ0v) is 6.00. The summed E-state index contributed by atoms with van der Waals surface area (Å²) in [5, 5.41) is 8.68. The Labute approximate surface area is 61.5 Å². The van der Waals surface area contributed by atoms with E-state index in [-0.39, 0.29) is 0 Å². The van der Waals surface area contributed by atoms with Crippen molar-refractivity contribution in [2.75, 3.05) is 7.11 Å². The average Bonchev–Trinajstić information content (AvgIpc) is 2.04. The van der Waals surface area contributed by atoms with Crippen molar-refractivity contribution in [3.63, 3.8) is 0 Å². The fraction of sp³-hybridized carbons (Fsp3) is 0.429. The zero-order chi connectivity index (χ0) is 7.40. The summed E-state index contributed by atoms with van der Waals surface area (Å²) in [5.41, 5.74) is 0.786. The predicted octanol–water partition coefficient (Wildman–Crippen LogP) is 0.806. The van der Waals surface area contributed by atoms with E-state index in [1.54, 1.807) is 7.11 Å². The Morgan fingerprint density at radius 3 is 2.70 bits per heavy atom. The molecule has 0 bridgehead atoms. The summed E-state index contributed by atoms with van der Waals surface area (Å²) in [4.78, 5) is 0. The molecule has 0 fully saturated rings. The van der Waals surface area contributed by atoms with Gasteiger partial charge in [0, 0.05) is 0 Å². The van der Waals surface area contributed by atoms with Gasteiger partial charge in [-0.1, -0.05) is 6.08 Å². The molecule has 0 aromatic carbocycles. The Balaban J connectivity index is 2.67. The monoisotopic (exact) mass is 137 g/mol. The van der Waals surface area contributed by atoms with Crippen molar-refractivity contribution < 1.29 is 9.76 Å². The maximum atomic E-state index is 8.68. The third-order valence-corrected chi connectivity index (χ3v) is 1.50. The minimum absolute atomic E-state index is 0.772. The van der Waals surface area contributed by atoms with Gasteiger partial charge in [-0.05, 0) is 24.4 Å². The molecule has 53 valence electrons. The molecule has 0 atom stereocenters. The molecule has 2 nitrogen and oxygen atoms in total. The van der Waals surface area contributed by atoms with Crippen molar-refractivity contribution in [1.29, 1.82) is 0 Å². The van der Waals surface area contributed by atoms with Crippen molar-refractivity contribution in [2.45, 2.75) is 12.8 Å². The summed E-state index contributed by atoms with van der Waals surface area (Å²) >= 11 is 0. The molecule has 0 unspecified atom stereocenters. The Hall–Kier alpha value is -0.695. The molecule has 1 radical (unpaired) electrons. The Bertz CT molecular complexity index is 152. The van der Waals surface area contributed by atoms with Gasteiger partial charge < -0.3 is 9.76 Å². The van der Waals surface area contributed by atoms with Crippen LogP contribution in [0.5, 0.6) is 0 Å². The van der Waals surface area contributed by atoms with Crippen LogP contribution in [0.3, 0.4) is 0 Å². The van der Waals surface area contributed by atoms with Crippen LogP contribution in [-0.4, -0.2) is 19.6 Å². The molecule has 0 aromatic rings. The fourth-order valence-corrected chi connectivity index (χ4v) is 0.989. The van der Waals surface area contributed by atoms with Crippen LogP contribution in [0.25, 0.3) is 0 Å². The van der Waals surface area contributed by atoms with Crippen molar-refractivity contribution in [3.05, 3.63) is 23.4 Å². The molecule has 1 rings (SSSR count). The standard InChI is InChI=1S/C7H10BO2/c1-10-7-5-3-2-4-6(7)8-9/h4-5,9H,2-3H2,1H3. The molecule has 0 aliphatic heterocycles. The van der Waals surface area contributed by atoms with E-state index in [1.165, 1.54) is 0 Å². The maximum Gasteiger partial charge on any atom is 0.330 e. The molecule has 0 saturated carbocycles. The molecule has 1 aliphatic rings. The summed E-state index contributed by atoms with van der Waals surface area (Å²) in [6.45, 7) is 0. The van der Waals surface area contributed by atoms with Gasteiger partial charge >= 0.3 is 7.48 Å². The lowest BCUT2D eigenvalue weighted by Gasteiger charge is -2.11. The minimum Gasteiger partial charge on any atom is -0.498 e. The van der Waals surface area contributed by atoms with Gasteiger partial charge in [-0.25, -0.2) is 0 Å². The zero-order valence-electron chi connectivity index (χ0n) is 6.00. The number of allylic oxidation sites excluding steroid dienone is 3. The third kappa shape index (κ3) is 1.42. The highest BCUT2D eigenvalue weighted by Crippen LogP contribution is 2.16.